The maximum atomic E-state index is 5.87. The van der Waals surface area contributed by atoms with Gasteiger partial charge in [-0.3, -0.25) is 4.90 Å². The smallest absolute Gasteiger partial charge is 0.142 e. The Morgan fingerprint density at radius 3 is 2.43 bits per heavy atom. The number of anilines is 1. The summed E-state index contributed by atoms with van der Waals surface area (Å²) >= 11 is 0. The van der Waals surface area contributed by atoms with Gasteiger partial charge in [0.15, 0.2) is 0 Å². The van der Waals surface area contributed by atoms with Gasteiger partial charge < -0.3 is 15.2 Å². The molecule has 1 aromatic carbocycles. The number of ether oxygens (including phenoxy) is 2. The molecule has 0 radical (unpaired) electrons. The Balaban J connectivity index is 2.37. The number of methoxy groups -OCH3 is 1. The van der Waals surface area contributed by atoms with Crippen molar-refractivity contribution in [2.45, 2.75) is 39.2 Å². The maximum absolute atomic E-state index is 5.87. The molecule has 0 aliphatic rings. The average molecular weight is 294 g/mol. The molecule has 0 fully saturated rings. The summed E-state index contributed by atoms with van der Waals surface area (Å²) in [5.41, 5.74) is 6.57. The average Bonchev–Trinajstić information content (AvgIpc) is 2.51. The molecule has 0 bridgehead atoms. The minimum Gasteiger partial charge on any atom is -0.491 e. The normalized spacial score (nSPS) is 11.3. The first kappa shape index (κ1) is 17.8. The van der Waals surface area contributed by atoms with Crippen LogP contribution < -0.4 is 10.5 Å². The van der Waals surface area contributed by atoms with Crippen LogP contribution in [0.3, 0.4) is 0 Å². The fourth-order valence-electron chi connectivity index (χ4n) is 2.55. The zero-order valence-corrected chi connectivity index (χ0v) is 13.7. The lowest BCUT2D eigenvalue weighted by molar-refractivity contribution is 0.110. The van der Waals surface area contributed by atoms with Crippen LogP contribution in [0.1, 0.15) is 33.1 Å². The van der Waals surface area contributed by atoms with Crippen molar-refractivity contribution in [1.29, 1.82) is 0 Å². The summed E-state index contributed by atoms with van der Waals surface area (Å²) in [6, 6.07) is 8.27. The Morgan fingerprint density at radius 2 is 1.81 bits per heavy atom. The van der Waals surface area contributed by atoms with Crippen molar-refractivity contribution in [3.05, 3.63) is 24.3 Å². The molecule has 0 aliphatic carbocycles. The van der Waals surface area contributed by atoms with E-state index in [-0.39, 0.29) is 0 Å². The van der Waals surface area contributed by atoms with Gasteiger partial charge in [-0.15, -0.1) is 0 Å². The quantitative estimate of drug-likeness (QED) is 0.503. The molecule has 4 nitrogen and oxygen atoms in total. The largest absolute Gasteiger partial charge is 0.491 e. The number of benzene rings is 1. The Labute approximate surface area is 129 Å². The lowest BCUT2D eigenvalue weighted by atomic mass is 10.1. The SMILES string of the molecule is CCC(CC)N(CCCOc1ccccc1N)CCOC. The number of nitrogen functional groups attached to an aromatic ring is 1. The van der Waals surface area contributed by atoms with Crippen LogP contribution in [0.15, 0.2) is 24.3 Å². The zero-order valence-electron chi connectivity index (χ0n) is 13.7. The lowest BCUT2D eigenvalue weighted by Crippen LogP contribution is -2.38. The first-order valence-corrected chi connectivity index (χ1v) is 7.93. The van der Waals surface area contributed by atoms with Gasteiger partial charge in [0.05, 0.1) is 18.9 Å². The second-order valence-electron chi connectivity index (χ2n) is 5.24. The van der Waals surface area contributed by atoms with E-state index < -0.39 is 0 Å². The van der Waals surface area contributed by atoms with Gasteiger partial charge in [-0.2, -0.15) is 0 Å². The van der Waals surface area contributed by atoms with Crippen molar-refractivity contribution in [2.24, 2.45) is 0 Å². The Kier molecular flexibility index (Phi) is 8.87. The van der Waals surface area contributed by atoms with E-state index in [0.29, 0.717) is 18.3 Å². The van der Waals surface area contributed by atoms with Crippen LogP contribution in [0.5, 0.6) is 5.75 Å². The predicted octanol–water partition coefficient (Wildman–Crippen LogP) is 3.17. The summed E-state index contributed by atoms with van der Waals surface area (Å²) in [6.45, 7) is 7.98. The van der Waals surface area contributed by atoms with Crippen molar-refractivity contribution in [3.63, 3.8) is 0 Å². The molecule has 2 N–H and O–H groups in total. The predicted molar refractivity (Wildman–Crippen MR) is 88.8 cm³/mol. The van der Waals surface area contributed by atoms with Crippen LogP contribution in [-0.2, 0) is 4.74 Å². The summed E-state index contributed by atoms with van der Waals surface area (Å²) in [4.78, 5) is 2.50. The zero-order chi connectivity index (χ0) is 15.5. The van der Waals surface area contributed by atoms with E-state index >= 15 is 0 Å². The van der Waals surface area contributed by atoms with E-state index in [1.54, 1.807) is 7.11 Å². The number of para-hydroxylation sites is 2. The molecule has 0 spiro atoms. The molecule has 0 heterocycles. The van der Waals surface area contributed by atoms with Crippen molar-refractivity contribution in [3.8, 4) is 5.75 Å². The van der Waals surface area contributed by atoms with Crippen molar-refractivity contribution >= 4 is 5.69 Å². The number of nitrogens with zero attached hydrogens (tertiary/aromatic N) is 1. The minimum atomic E-state index is 0.627. The summed E-state index contributed by atoms with van der Waals surface area (Å²) in [7, 11) is 1.76. The summed E-state index contributed by atoms with van der Waals surface area (Å²) in [5, 5.41) is 0. The van der Waals surface area contributed by atoms with Crippen LogP contribution in [0.25, 0.3) is 0 Å². The van der Waals surface area contributed by atoms with Gasteiger partial charge in [0.2, 0.25) is 0 Å². The standard InChI is InChI=1S/C17H30N2O2/c1-4-15(5-2)19(12-14-20-3)11-8-13-21-17-10-7-6-9-16(17)18/h6-7,9-10,15H,4-5,8,11-14,18H2,1-3H3. The fourth-order valence-corrected chi connectivity index (χ4v) is 2.55. The highest BCUT2D eigenvalue weighted by Gasteiger charge is 2.14. The highest BCUT2D eigenvalue weighted by Crippen LogP contribution is 2.19. The third-order valence-corrected chi connectivity index (χ3v) is 3.81. The van der Waals surface area contributed by atoms with E-state index in [2.05, 4.69) is 18.7 Å². The third kappa shape index (κ3) is 6.36. The Bertz CT molecular complexity index is 381. The van der Waals surface area contributed by atoms with Gasteiger partial charge in [-0.1, -0.05) is 26.0 Å². The van der Waals surface area contributed by atoms with Crippen LogP contribution >= 0.6 is 0 Å². The fraction of sp³-hybridized carbons (Fsp3) is 0.647. The number of hydrogen-bond donors (Lipinski definition) is 1. The summed E-state index contributed by atoms with van der Waals surface area (Å²) < 4.78 is 11.0. The molecule has 0 atom stereocenters. The molecular weight excluding hydrogens is 264 g/mol. The highest BCUT2D eigenvalue weighted by atomic mass is 16.5. The molecule has 4 heteroatoms. The van der Waals surface area contributed by atoms with Gasteiger partial charge >= 0.3 is 0 Å². The molecule has 1 aromatic rings. The van der Waals surface area contributed by atoms with Gasteiger partial charge in [0.25, 0.3) is 0 Å². The molecule has 0 saturated carbocycles. The third-order valence-electron chi connectivity index (χ3n) is 3.81. The molecule has 1 rings (SSSR count). The van der Waals surface area contributed by atoms with E-state index in [0.717, 1.165) is 31.9 Å². The van der Waals surface area contributed by atoms with Crippen LogP contribution in [0.4, 0.5) is 5.69 Å². The van der Waals surface area contributed by atoms with E-state index in [4.69, 9.17) is 15.2 Å². The monoisotopic (exact) mass is 294 g/mol. The van der Waals surface area contributed by atoms with Crippen molar-refractivity contribution in [2.75, 3.05) is 39.1 Å². The maximum Gasteiger partial charge on any atom is 0.142 e. The van der Waals surface area contributed by atoms with Gasteiger partial charge in [0, 0.05) is 26.2 Å². The number of nitrogens with two attached hydrogens (primary N) is 1. The highest BCUT2D eigenvalue weighted by molar-refractivity contribution is 5.51. The molecule has 0 aromatic heterocycles. The second-order valence-corrected chi connectivity index (χ2v) is 5.24. The van der Waals surface area contributed by atoms with Gasteiger partial charge in [0.1, 0.15) is 5.75 Å². The van der Waals surface area contributed by atoms with Crippen LogP contribution in [0.2, 0.25) is 0 Å². The Hall–Kier alpha value is -1.26. The summed E-state index contributed by atoms with van der Waals surface area (Å²) in [6.07, 6.45) is 3.34. The van der Waals surface area contributed by atoms with Crippen LogP contribution in [0, 0.1) is 0 Å². The lowest BCUT2D eigenvalue weighted by Gasteiger charge is -2.30. The van der Waals surface area contributed by atoms with Crippen molar-refractivity contribution in [1.82, 2.24) is 4.90 Å². The van der Waals surface area contributed by atoms with Crippen molar-refractivity contribution < 1.29 is 9.47 Å². The minimum absolute atomic E-state index is 0.627. The topological polar surface area (TPSA) is 47.7 Å². The van der Waals surface area contributed by atoms with Gasteiger partial charge in [-0.25, -0.2) is 0 Å². The molecule has 0 amide bonds. The first-order valence-electron chi connectivity index (χ1n) is 7.93. The Morgan fingerprint density at radius 1 is 1.10 bits per heavy atom. The molecule has 21 heavy (non-hydrogen) atoms. The molecule has 0 unspecified atom stereocenters. The summed E-state index contributed by atoms with van der Waals surface area (Å²) in [5.74, 6) is 0.781. The molecular formula is C17H30N2O2. The molecule has 0 saturated heterocycles. The first-order chi connectivity index (χ1) is 10.2. The van der Waals surface area contributed by atoms with E-state index in [1.807, 2.05) is 24.3 Å². The van der Waals surface area contributed by atoms with Crippen LogP contribution in [-0.4, -0.2) is 44.4 Å². The van der Waals surface area contributed by atoms with Gasteiger partial charge in [-0.05, 0) is 31.4 Å². The molecule has 120 valence electrons. The van der Waals surface area contributed by atoms with E-state index in [1.165, 1.54) is 12.8 Å². The molecule has 0 aliphatic heterocycles. The van der Waals surface area contributed by atoms with E-state index in [9.17, 15) is 0 Å². The second kappa shape index (κ2) is 10.5. The number of rotatable bonds is 11. The number of hydrogen-bond acceptors (Lipinski definition) is 4.